The Morgan fingerprint density at radius 2 is 2.18 bits per heavy atom. The summed E-state index contributed by atoms with van der Waals surface area (Å²) in [5.41, 5.74) is 0. The average molecular weight is 239 g/mol. The normalized spacial score (nSPS) is 20.3. The smallest absolute Gasteiger partial charge is 0.237 e. The van der Waals surface area contributed by atoms with E-state index in [2.05, 4.69) is 10.2 Å². The van der Waals surface area contributed by atoms with Crippen LogP contribution in [0.2, 0.25) is 0 Å². The van der Waals surface area contributed by atoms with E-state index in [1.54, 1.807) is 0 Å². The molecule has 0 aromatic heterocycles. The second kappa shape index (κ2) is 7.25. The number of ether oxygens (including phenoxy) is 1. The number of hydrogen-bond acceptors (Lipinski definition) is 4. The number of hydrogen-bond donors (Lipinski definition) is 1. The van der Waals surface area contributed by atoms with Gasteiger partial charge in [-0.2, -0.15) is 5.26 Å². The van der Waals surface area contributed by atoms with Crippen LogP contribution in [-0.2, 0) is 9.53 Å². The van der Waals surface area contributed by atoms with Crippen molar-refractivity contribution in [3.63, 3.8) is 0 Å². The maximum absolute atomic E-state index is 11.7. The zero-order chi connectivity index (χ0) is 12.7. The fraction of sp³-hybridized carbons (Fsp3) is 0.833. The van der Waals surface area contributed by atoms with Crippen molar-refractivity contribution in [3.05, 3.63) is 0 Å². The lowest BCUT2D eigenvalue weighted by Crippen LogP contribution is -2.47. The fourth-order valence-electron chi connectivity index (χ4n) is 1.90. The summed E-state index contributed by atoms with van der Waals surface area (Å²) in [7, 11) is 0. The molecule has 5 heteroatoms. The highest BCUT2D eigenvalue weighted by Crippen LogP contribution is 2.02. The molecule has 5 nitrogen and oxygen atoms in total. The first-order valence-electron chi connectivity index (χ1n) is 6.17. The standard InChI is InChI=1S/C12H21N3O2/c1-3-11(8-13)12(16)14-10(2)9-15-4-6-17-7-5-15/h10-11H,3-7,9H2,1-2H3,(H,14,16). The quantitative estimate of drug-likeness (QED) is 0.753. The van der Waals surface area contributed by atoms with Gasteiger partial charge >= 0.3 is 0 Å². The molecule has 0 aromatic rings. The van der Waals surface area contributed by atoms with Crippen molar-refractivity contribution in [1.29, 1.82) is 5.26 Å². The zero-order valence-electron chi connectivity index (χ0n) is 10.6. The number of morpholine rings is 1. The molecule has 0 aromatic carbocycles. The van der Waals surface area contributed by atoms with Gasteiger partial charge in [0.1, 0.15) is 5.92 Å². The Morgan fingerprint density at radius 3 is 2.71 bits per heavy atom. The Balaban J connectivity index is 2.30. The summed E-state index contributed by atoms with van der Waals surface area (Å²) in [6, 6.07) is 2.09. The minimum Gasteiger partial charge on any atom is -0.379 e. The lowest BCUT2D eigenvalue weighted by molar-refractivity contribution is -0.124. The van der Waals surface area contributed by atoms with E-state index >= 15 is 0 Å². The van der Waals surface area contributed by atoms with Crippen LogP contribution in [0.3, 0.4) is 0 Å². The van der Waals surface area contributed by atoms with Crippen molar-refractivity contribution in [2.45, 2.75) is 26.3 Å². The number of carbonyl (C=O) groups is 1. The van der Waals surface area contributed by atoms with Crippen LogP contribution in [0.5, 0.6) is 0 Å². The van der Waals surface area contributed by atoms with Crippen molar-refractivity contribution in [1.82, 2.24) is 10.2 Å². The molecule has 0 saturated carbocycles. The summed E-state index contributed by atoms with van der Waals surface area (Å²) >= 11 is 0. The first-order valence-corrected chi connectivity index (χ1v) is 6.17. The van der Waals surface area contributed by atoms with Gasteiger partial charge in [0.15, 0.2) is 0 Å². The molecule has 1 aliphatic rings. The Hall–Kier alpha value is -1.12. The molecule has 1 aliphatic heterocycles. The van der Waals surface area contributed by atoms with Crippen molar-refractivity contribution in [3.8, 4) is 6.07 Å². The number of nitrogens with zero attached hydrogens (tertiary/aromatic N) is 2. The lowest BCUT2D eigenvalue weighted by Gasteiger charge is -2.29. The Bertz CT molecular complexity index is 282. The molecule has 17 heavy (non-hydrogen) atoms. The summed E-state index contributed by atoms with van der Waals surface area (Å²) < 4.78 is 5.26. The molecule has 1 amide bonds. The molecule has 1 saturated heterocycles. The molecular formula is C12H21N3O2. The molecule has 0 radical (unpaired) electrons. The molecule has 0 aliphatic carbocycles. The summed E-state index contributed by atoms with van der Waals surface area (Å²) in [4.78, 5) is 13.9. The van der Waals surface area contributed by atoms with E-state index in [0.717, 1.165) is 32.8 Å². The third kappa shape index (κ3) is 4.72. The Kier molecular flexibility index (Phi) is 5.95. The molecule has 96 valence electrons. The lowest BCUT2D eigenvalue weighted by atomic mass is 10.1. The highest BCUT2D eigenvalue weighted by molar-refractivity contribution is 5.81. The van der Waals surface area contributed by atoms with E-state index in [9.17, 15) is 4.79 Å². The van der Waals surface area contributed by atoms with Gasteiger partial charge in [-0.25, -0.2) is 0 Å². The van der Waals surface area contributed by atoms with E-state index in [4.69, 9.17) is 10.00 Å². The van der Waals surface area contributed by atoms with Crippen LogP contribution in [0.4, 0.5) is 0 Å². The summed E-state index contributed by atoms with van der Waals surface area (Å²) in [5, 5.41) is 11.7. The molecule has 2 atom stereocenters. The van der Waals surface area contributed by atoms with Crippen LogP contribution >= 0.6 is 0 Å². The summed E-state index contributed by atoms with van der Waals surface area (Å²) in [5.74, 6) is -0.683. The second-order valence-electron chi connectivity index (χ2n) is 4.41. The average Bonchev–Trinajstić information content (AvgIpc) is 2.31. The van der Waals surface area contributed by atoms with Crippen molar-refractivity contribution in [2.24, 2.45) is 5.92 Å². The number of amides is 1. The van der Waals surface area contributed by atoms with E-state index in [0.29, 0.717) is 6.42 Å². The van der Waals surface area contributed by atoms with Gasteiger partial charge in [-0.3, -0.25) is 9.69 Å². The largest absolute Gasteiger partial charge is 0.379 e. The molecule has 1 fully saturated rings. The van der Waals surface area contributed by atoms with Gasteiger partial charge < -0.3 is 10.1 Å². The summed E-state index contributed by atoms with van der Waals surface area (Å²) in [6.07, 6.45) is 0.562. The number of nitrogens with one attached hydrogen (secondary N) is 1. The molecule has 0 spiro atoms. The second-order valence-corrected chi connectivity index (χ2v) is 4.41. The Labute approximate surface area is 103 Å². The third-order valence-corrected chi connectivity index (χ3v) is 2.90. The van der Waals surface area contributed by atoms with Crippen molar-refractivity contribution in [2.75, 3.05) is 32.8 Å². The van der Waals surface area contributed by atoms with Crippen LogP contribution in [0.1, 0.15) is 20.3 Å². The van der Waals surface area contributed by atoms with Gasteiger partial charge in [0.05, 0.1) is 19.3 Å². The first-order chi connectivity index (χ1) is 8.17. The van der Waals surface area contributed by atoms with E-state index in [1.165, 1.54) is 0 Å². The Morgan fingerprint density at radius 1 is 1.53 bits per heavy atom. The van der Waals surface area contributed by atoms with Gasteiger partial charge in [-0.15, -0.1) is 0 Å². The molecule has 1 N–H and O–H groups in total. The van der Waals surface area contributed by atoms with E-state index < -0.39 is 5.92 Å². The van der Waals surface area contributed by atoms with Gasteiger partial charge in [0.2, 0.25) is 5.91 Å². The van der Waals surface area contributed by atoms with Crippen LogP contribution in [0.15, 0.2) is 0 Å². The number of rotatable bonds is 5. The predicted octanol–water partition coefficient (Wildman–Crippen LogP) is 0.373. The van der Waals surface area contributed by atoms with Crippen LogP contribution in [0, 0.1) is 17.2 Å². The van der Waals surface area contributed by atoms with Gasteiger partial charge in [-0.1, -0.05) is 6.92 Å². The summed E-state index contributed by atoms with van der Waals surface area (Å²) in [6.45, 7) is 7.98. The fourth-order valence-corrected chi connectivity index (χ4v) is 1.90. The van der Waals surface area contributed by atoms with Crippen LogP contribution in [-0.4, -0.2) is 49.7 Å². The highest BCUT2D eigenvalue weighted by Gasteiger charge is 2.19. The SMILES string of the molecule is CCC(C#N)C(=O)NC(C)CN1CCOCC1. The van der Waals surface area contributed by atoms with Gasteiger partial charge in [-0.05, 0) is 13.3 Å². The number of carbonyl (C=O) groups excluding carboxylic acids is 1. The van der Waals surface area contributed by atoms with Crippen molar-refractivity contribution >= 4 is 5.91 Å². The minimum absolute atomic E-state index is 0.0722. The molecule has 2 unspecified atom stereocenters. The van der Waals surface area contributed by atoms with Crippen LogP contribution in [0.25, 0.3) is 0 Å². The molecule has 1 heterocycles. The third-order valence-electron chi connectivity index (χ3n) is 2.90. The van der Waals surface area contributed by atoms with E-state index in [1.807, 2.05) is 19.9 Å². The zero-order valence-corrected chi connectivity index (χ0v) is 10.6. The van der Waals surface area contributed by atoms with Gasteiger partial charge in [0, 0.05) is 25.7 Å². The first kappa shape index (κ1) is 13.9. The molecule has 1 rings (SSSR count). The number of nitriles is 1. The van der Waals surface area contributed by atoms with Gasteiger partial charge in [0.25, 0.3) is 0 Å². The van der Waals surface area contributed by atoms with E-state index in [-0.39, 0.29) is 11.9 Å². The maximum atomic E-state index is 11.7. The molecule has 0 bridgehead atoms. The minimum atomic E-state index is -0.526. The molecular weight excluding hydrogens is 218 g/mol. The topological polar surface area (TPSA) is 65.4 Å². The monoisotopic (exact) mass is 239 g/mol. The van der Waals surface area contributed by atoms with Crippen molar-refractivity contribution < 1.29 is 9.53 Å². The van der Waals surface area contributed by atoms with Crippen LogP contribution < -0.4 is 5.32 Å². The predicted molar refractivity (Wildman–Crippen MR) is 64.3 cm³/mol. The highest BCUT2D eigenvalue weighted by atomic mass is 16.5. The maximum Gasteiger partial charge on any atom is 0.237 e.